The molecule has 27 heavy (non-hydrogen) atoms. The fraction of sp³-hybridized carbons (Fsp3) is 0.500. The number of hydrogen-bond acceptors (Lipinski definition) is 4. The van der Waals surface area contributed by atoms with E-state index in [1.165, 1.54) is 4.90 Å². The van der Waals surface area contributed by atoms with Crippen LogP contribution in [0.1, 0.15) is 18.4 Å². The first-order valence-electron chi connectivity index (χ1n) is 8.34. The molecule has 0 bridgehead atoms. The van der Waals surface area contributed by atoms with Gasteiger partial charge >= 0.3 is 6.18 Å². The monoisotopic (exact) mass is 405 g/mol. The summed E-state index contributed by atoms with van der Waals surface area (Å²) in [7, 11) is -3.94. The van der Waals surface area contributed by atoms with Crippen molar-refractivity contribution in [2.24, 2.45) is 0 Å². The number of nitrogens with one attached hydrogen (secondary N) is 1. The number of benzene rings is 1. The van der Waals surface area contributed by atoms with Crippen LogP contribution >= 0.6 is 0 Å². The van der Waals surface area contributed by atoms with E-state index in [0.29, 0.717) is 12.8 Å². The minimum Gasteiger partial charge on any atom is -0.344 e. The van der Waals surface area contributed by atoms with Crippen molar-refractivity contribution < 1.29 is 31.2 Å². The van der Waals surface area contributed by atoms with Crippen LogP contribution < -0.4 is 5.32 Å². The maximum Gasteiger partial charge on any atom is 0.416 e. The number of amides is 2. The highest BCUT2D eigenvalue weighted by Crippen LogP contribution is 2.30. The Labute approximate surface area is 154 Å². The van der Waals surface area contributed by atoms with Crippen LogP contribution in [0.5, 0.6) is 0 Å². The van der Waals surface area contributed by atoms with Gasteiger partial charge in [-0.3, -0.25) is 9.59 Å². The van der Waals surface area contributed by atoms with Crippen LogP contribution in [0.25, 0.3) is 0 Å². The van der Waals surface area contributed by atoms with Gasteiger partial charge in [0.2, 0.25) is 21.8 Å². The molecule has 7 nitrogen and oxygen atoms in total. The predicted octanol–water partition coefficient (Wildman–Crippen LogP) is 0.817. The summed E-state index contributed by atoms with van der Waals surface area (Å²) in [6, 6.07) is 2.76. The van der Waals surface area contributed by atoms with Gasteiger partial charge in [0.25, 0.3) is 0 Å². The van der Waals surface area contributed by atoms with E-state index in [9.17, 15) is 31.2 Å². The van der Waals surface area contributed by atoms with Crippen LogP contribution in [0, 0.1) is 0 Å². The summed E-state index contributed by atoms with van der Waals surface area (Å²) in [5.74, 6) is -0.427. The van der Waals surface area contributed by atoms with E-state index in [2.05, 4.69) is 5.32 Å². The number of rotatable bonds is 3. The maximum atomic E-state index is 12.6. The average molecular weight is 405 g/mol. The molecular weight excluding hydrogens is 387 g/mol. The normalized spacial score (nSPS) is 22.0. The van der Waals surface area contributed by atoms with E-state index in [4.69, 9.17) is 0 Å². The molecule has 0 aliphatic carbocycles. The molecule has 3 rings (SSSR count). The number of carbonyl (C=O) groups excluding carboxylic acids is 2. The summed E-state index contributed by atoms with van der Waals surface area (Å²) >= 11 is 0. The summed E-state index contributed by atoms with van der Waals surface area (Å²) in [5, 5.41) is 2.58. The van der Waals surface area contributed by atoms with E-state index < -0.39 is 27.8 Å². The van der Waals surface area contributed by atoms with Crippen LogP contribution in [0.4, 0.5) is 13.2 Å². The van der Waals surface area contributed by atoms with Crippen molar-refractivity contribution >= 4 is 21.8 Å². The number of nitrogens with zero attached hydrogens (tertiary/aromatic N) is 2. The third kappa shape index (κ3) is 4.08. The third-order valence-electron chi connectivity index (χ3n) is 4.66. The van der Waals surface area contributed by atoms with Crippen molar-refractivity contribution in [2.45, 2.75) is 30.0 Å². The Balaban J connectivity index is 1.64. The van der Waals surface area contributed by atoms with Crippen LogP contribution in [-0.4, -0.2) is 61.7 Å². The number of carbonyl (C=O) groups is 2. The van der Waals surface area contributed by atoms with Crippen LogP contribution in [0.15, 0.2) is 29.2 Å². The second-order valence-corrected chi connectivity index (χ2v) is 8.35. The van der Waals surface area contributed by atoms with Crippen molar-refractivity contribution in [1.82, 2.24) is 14.5 Å². The first-order valence-corrected chi connectivity index (χ1v) is 9.78. The van der Waals surface area contributed by atoms with Gasteiger partial charge < -0.3 is 10.2 Å². The van der Waals surface area contributed by atoms with E-state index in [1.54, 1.807) is 0 Å². The minimum absolute atomic E-state index is 0.0375. The largest absolute Gasteiger partial charge is 0.416 e. The molecule has 1 aromatic carbocycles. The standard InChI is InChI=1S/C16H18F3N3O4S/c17-16(18,19)11-1-3-12(4-2-11)27(25,26)22-9-7-21(8-10-22)15(24)13-5-6-14(23)20-13/h1-4,13H,5-10H2,(H,20,23)/t13-/m1/s1. The summed E-state index contributed by atoms with van der Waals surface area (Å²) in [6.07, 6.45) is -3.83. The maximum absolute atomic E-state index is 12.6. The molecule has 0 aromatic heterocycles. The summed E-state index contributed by atoms with van der Waals surface area (Å²) in [5.41, 5.74) is -0.921. The zero-order valence-corrected chi connectivity index (χ0v) is 15.0. The summed E-state index contributed by atoms with van der Waals surface area (Å²) < 4.78 is 64.2. The Bertz CT molecular complexity index is 831. The van der Waals surface area contributed by atoms with Crippen LogP contribution in [0.2, 0.25) is 0 Å². The lowest BCUT2D eigenvalue weighted by atomic mass is 10.2. The number of piperazine rings is 1. The Morgan fingerprint density at radius 1 is 1.07 bits per heavy atom. The highest BCUT2D eigenvalue weighted by Gasteiger charge is 2.35. The van der Waals surface area contributed by atoms with Gasteiger partial charge in [-0.15, -0.1) is 0 Å². The van der Waals surface area contributed by atoms with Crippen molar-refractivity contribution in [3.8, 4) is 0 Å². The molecule has 11 heteroatoms. The molecule has 148 valence electrons. The highest BCUT2D eigenvalue weighted by atomic mass is 32.2. The van der Waals surface area contributed by atoms with Crippen molar-refractivity contribution in [3.05, 3.63) is 29.8 Å². The van der Waals surface area contributed by atoms with E-state index in [1.807, 2.05) is 0 Å². The van der Waals surface area contributed by atoms with Gasteiger partial charge in [-0.1, -0.05) is 0 Å². The lowest BCUT2D eigenvalue weighted by Gasteiger charge is -2.35. The topological polar surface area (TPSA) is 86.8 Å². The van der Waals surface area contributed by atoms with E-state index >= 15 is 0 Å². The molecule has 2 fully saturated rings. The van der Waals surface area contributed by atoms with Crippen molar-refractivity contribution in [2.75, 3.05) is 26.2 Å². The van der Waals surface area contributed by atoms with Crippen LogP contribution in [-0.2, 0) is 25.8 Å². The Morgan fingerprint density at radius 2 is 1.67 bits per heavy atom. The Morgan fingerprint density at radius 3 is 2.15 bits per heavy atom. The van der Waals surface area contributed by atoms with E-state index in [0.717, 1.165) is 28.6 Å². The number of hydrogen-bond donors (Lipinski definition) is 1. The van der Waals surface area contributed by atoms with Gasteiger partial charge in [-0.05, 0) is 30.7 Å². The second-order valence-electron chi connectivity index (χ2n) is 6.41. The third-order valence-corrected chi connectivity index (χ3v) is 6.58. The zero-order valence-electron chi connectivity index (χ0n) is 14.2. The summed E-state index contributed by atoms with van der Waals surface area (Å²) in [6.45, 7) is 0.391. The first-order chi connectivity index (χ1) is 12.6. The molecule has 0 radical (unpaired) electrons. The second kappa shape index (κ2) is 7.12. The molecule has 2 amide bonds. The van der Waals surface area contributed by atoms with Gasteiger partial charge in [-0.25, -0.2) is 8.42 Å². The van der Waals surface area contributed by atoms with Gasteiger partial charge in [0.05, 0.1) is 10.5 Å². The molecule has 2 aliphatic heterocycles. The molecule has 2 saturated heterocycles. The lowest BCUT2D eigenvalue weighted by molar-refractivity contribution is -0.137. The molecule has 0 spiro atoms. The molecule has 1 aromatic rings. The number of sulfonamides is 1. The zero-order chi connectivity index (χ0) is 19.8. The molecule has 1 N–H and O–H groups in total. The predicted molar refractivity (Wildman–Crippen MR) is 87.9 cm³/mol. The Kier molecular flexibility index (Phi) is 5.17. The summed E-state index contributed by atoms with van der Waals surface area (Å²) in [4.78, 5) is 24.8. The lowest BCUT2D eigenvalue weighted by Crippen LogP contribution is -2.54. The van der Waals surface area contributed by atoms with Crippen molar-refractivity contribution in [1.29, 1.82) is 0 Å². The Hall–Kier alpha value is -2.14. The molecule has 2 aliphatic rings. The van der Waals surface area contributed by atoms with E-state index in [-0.39, 0.29) is 42.9 Å². The smallest absolute Gasteiger partial charge is 0.344 e. The number of alkyl halides is 3. The number of halogens is 3. The van der Waals surface area contributed by atoms with Gasteiger partial charge in [0, 0.05) is 32.6 Å². The first kappa shape index (κ1) is 19.6. The van der Waals surface area contributed by atoms with Crippen LogP contribution in [0.3, 0.4) is 0 Å². The highest BCUT2D eigenvalue weighted by molar-refractivity contribution is 7.89. The molecule has 2 heterocycles. The molecular formula is C16H18F3N3O4S. The molecule has 0 unspecified atom stereocenters. The van der Waals surface area contributed by atoms with Gasteiger partial charge in [0.15, 0.2) is 0 Å². The fourth-order valence-electron chi connectivity index (χ4n) is 3.13. The molecule has 0 saturated carbocycles. The average Bonchev–Trinajstić information content (AvgIpc) is 3.07. The van der Waals surface area contributed by atoms with Gasteiger partial charge in [0.1, 0.15) is 6.04 Å². The quantitative estimate of drug-likeness (QED) is 0.807. The fourth-order valence-corrected chi connectivity index (χ4v) is 4.56. The minimum atomic E-state index is -4.54. The SMILES string of the molecule is O=C1CC[C@H](C(=O)N2CCN(S(=O)(=O)c3ccc(C(F)(F)F)cc3)CC2)N1. The van der Waals surface area contributed by atoms with Gasteiger partial charge in [-0.2, -0.15) is 17.5 Å². The van der Waals surface area contributed by atoms with Crippen molar-refractivity contribution in [3.63, 3.8) is 0 Å². The molecule has 1 atom stereocenters.